The van der Waals surface area contributed by atoms with Crippen LogP contribution in [-0.2, 0) is 11.3 Å². The molecule has 0 bridgehead atoms. The van der Waals surface area contributed by atoms with E-state index in [0.29, 0.717) is 34.0 Å². The number of aromatic amines is 1. The largest absolute Gasteiger partial charge is 0.484 e. The topological polar surface area (TPSA) is 75.3 Å². The fraction of sp³-hybridized carbons (Fsp3) is 0.250. The summed E-state index contributed by atoms with van der Waals surface area (Å²) in [7, 11) is 0. The lowest BCUT2D eigenvalue weighted by Gasteiger charge is -2.20. The van der Waals surface area contributed by atoms with Crippen molar-refractivity contribution in [3.05, 3.63) is 69.2 Å². The molecule has 0 radical (unpaired) electrons. The summed E-state index contributed by atoms with van der Waals surface area (Å²) >= 11 is 5.98. The molecule has 6 nitrogen and oxygen atoms in total. The Labute approximate surface area is 161 Å². The van der Waals surface area contributed by atoms with Crippen LogP contribution in [0.5, 0.6) is 5.75 Å². The minimum Gasteiger partial charge on any atom is -0.484 e. The lowest BCUT2D eigenvalue weighted by molar-refractivity contribution is -0.133. The highest BCUT2D eigenvalue weighted by Crippen LogP contribution is 2.15. The fourth-order valence-corrected chi connectivity index (χ4v) is 2.83. The number of amides is 1. The van der Waals surface area contributed by atoms with Gasteiger partial charge in [0.15, 0.2) is 6.61 Å². The Balaban J connectivity index is 1.72. The molecule has 0 saturated carbocycles. The molecule has 1 N–H and O–H groups in total. The first-order chi connectivity index (χ1) is 13.0. The van der Waals surface area contributed by atoms with Gasteiger partial charge in [0.2, 0.25) is 0 Å². The van der Waals surface area contributed by atoms with Crippen molar-refractivity contribution in [3.63, 3.8) is 0 Å². The lowest BCUT2D eigenvalue weighted by atomic mass is 10.2. The molecule has 7 heteroatoms. The number of nitrogens with zero attached hydrogens (tertiary/aromatic N) is 2. The third-order valence-electron chi connectivity index (χ3n) is 4.18. The molecule has 1 amide bonds. The van der Waals surface area contributed by atoms with Crippen molar-refractivity contribution >= 4 is 28.4 Å². The Hall–Kier alpha value is -2.86. The van der Waals surface area contributed by atoms with E-state index in [1.54, 1.807) is 23.1 Å². The first kappa shape index (κ1) is 18.9. The van der Waals surface area contributed by atoms with E-state index >= 15 is 0 Å². The molecule has 140 valence electrons. The number of halogens is 1. The molecule has 0 aliphatic carbocycles. The minimum absolute atomic E-state index is 0.0828. The van der Waals surface area contributed by atoms with Crippen LogP contribution in [0, 0.1) is 6.92 Å². The van der Waals surface area contributed by atoms with Crippen LogP contribution in [0.2, 0.25) is 5.02 Å². The summed E-state index contributed by atoms with van der Waals surface area (Å²) in [5, 5.41) is 0.960. The first-order valence-electron chi connectivity index (χ1n) is 8.62. The number of likely N-dealkylation sites (N-methyl/N-ethyl adjacent to an activating group) is 1. The zero-order chi connectivity index (χ0) is 19.4. The van der Waals surface area contributed by atoms with Gasteiger partial charge in [-0.15, -0.1) is 0 Å². The molecule has 0 fully saturated rings. The summed E-state index contributed by atoms with van der Waals surface area (Å²) in [4.78, 5) is 33.4. The highest BCUT2D eigenvalue weighted by Gasteiger charge is 2.15. The van der Waals surface area contributed by atoms with E-state index in [9.17, 15) is 9.59 Å². The van der Waals surface area contributed by atoms with Crippen LogP contribution in [0.1, 0.15) is 18.3 Å². The maximum atomic E-state index is 12.5. The molecule has 3 rings (SSSR count). The van der Waals surface area contributed by atoms with Crippen molar-refractivity contribution in [2.45, 2.75) is 20.4 Å². The summed E-state index contributed by atoms with van der Waals surface area (Å²) in [5.41, 5.74) is 1.36. The summed E-state index contributed by atoms with van der Waals surface area (Å²) in [6.45, 7) is 4.41. The van der Waals surface area contributed by atoms with Gasteiger partial charge >= 0.3 is 0 Å². The van der Waals surface area contributed by atoms with Crippen LogP contribution in [-0.4, -0.2) is 33.9 Å². The molecule has 1 heterocycles. The molecule has 0 unspecified atom stereocenters. The van der Waals surface area contributed by atoms with Crippen LogP contribution < -0.4 is 10.3 Å². The van der Waals surface area contributed by atoms with Gasteiger partial charge in [-0.1, -0.05) is 29.3 Å². The van der Waals surface area contributed by atoms with Crippen molar-refractivity contribution < 1.29 is 9.53 Å². The molecular weight excluding hydrogens is 366 g/mol. The Kier molecular flexibility index (Phi) is 5.76. The molecule has 0 spiro atoms. The van der Waals surface area contributed by atoms with Crippen molar-refractivity contribution in [2.75, 3.05) is 13.2 Å². The van der Waals surface area contributed by atoms with Crippen LogP contribution in [0.15, 0.2) is 47.3 Å². The maximum absolute atomic E-state index is 12.5. The Bertz CT molecular complexity index is 1020. The minimum atomic E-state index is -0.258. The number of carbonyl (C=O) groups excluding carboxylic acids is 1. The molecule has 3 aromatic rings. The molecule has 27 heavy (non-hydrogen) atoms. The average molecular weight is 386 g/mol. The predicted octanol–water partition coefficient (Wildman–Crippen LogP) is 3.31. The summed E-state index contributed by atoms with van der Waals surface area (Å²) < 4.78 is 5.55. The summed E-state index contributed by atoms with van der Waals surface area (Å²) in [6.07, 6.45) is 0. The van der Waals surface area contributed by atoms with E-state index in [0.717, 1.165) is 5.56 Å². The van der Waals surface area contributed by atoms with Crippen molar-refractivity contribution in [1.29, 1.82) is 0 Å². The summed E-state index contributed by atoms with van der Waals surface area (Å²) in [5.74, 6) is 0.851. The zero-order valence-electron chi connectivity index (χ0n) is 15.2. The molecule has 0 aliphatic rings. The number of carbonyl (C=O) groups is 1. The van der Waals surface area contributed by atoms with Gasteiger partial charge in [-0.3, -0.25) is 9.59 Å². The van der Waals surface area contributed by atoms with Gasteiger partial charge in [0.25, 0.3) is 11.5 Å². The van der Waals surface area contributed by atoms with E-state index in [1.165, 1.54) is 0 Å². The number of aromatic nitrogens is 2. The van der Waals surface area contributed by atoms with Crippen LogP contribution >= 0.6 is 11.6 Å². The maximum Gasteiger partial charge on any atom is 0.260 e. The molecule has 1 aromatic heterocycles. The molecule has 0 atom stereocenters. The standard InChI is InChI=1S/C20H20ClN3O3/c1-3-24(19(25)12-27-15-7-4-13(2)5-8-15)11-18-22-17-10-14(21)6-9-16(17)20(26)23-18/h4-10H,3,11-12H2,1-2H3,(H,22,23,26). The zero-order valence-corrected chi connectivity index (χ0v) is 15.9. The number of hydrogen-bond donors (Lipinski definition) is 1. The molecule has 0 saturated heterocycles. The van der Waals surface area contributed by atoms with Gasteiger partial charge in [-0.05, 0) is 44.2 Å². The van der Waals surface area contributed by atoms with E-state index in [2.05, 4.69) is 9.97 Å². The van der Waals surface area contributed by atoms with E-state index in [-0.39, 0.29) is 24.6 Å². The van der Waals surface area contributed by atoms with Gasteiger partial charge in [0, 0.05) is 11.6 Å². The lowest BCUT2D eigenvalue weighted by Crippen LogP contribution is -2.35. The summed E-state index contributed by atoms with van der Waals surface area (Å²) in [6, 6.07) is 12.4. The van der Waals surface area contributed by atoms with Crippen LogP contribution in [0.4, 0.5) is 0 Å². The van der Waals surface area contributed by atoms with Crippen LogP contribution in [0.25, 0.3) is 10.9 Å². The number of rotatable bonds is 6. The Morgan fingerprint density at radius 1 is 1.22 bits per heavy atom. The van der Waals surface area contributed by atoms with E-state index in [1.807, 2.05) is 38.1 Å². The number of hydrogen-bond acceptors (Lipinski definition) is 4. The van der Waals surface area contributed by atoms with Gasteiger partial charge in [-0.2, -0.15) is 0 Å². The number of nitrogens with one attached hydrogen (secondary N) is 1. The highest BCUT2D eigenvalue weighted by atomic mass is 35.5. The van der Waals surface area contributed by atoms with E-state index in [4.69, 9.17) is 16.3 Å². The fourth-order valence-electron chi connectivity index (χ4n) is 2.66. The Morgan fingerprint density at radius 3 is 2.67 bits per heavy atom. The van der Waals surface area contributed by atoms with Gasteiger partial charge < -0.3 is 14.6 Å². The monoisotopic (exact) mass is 385 g/mol. The smallest absolute Gasteiger partial charge is 0.260 e. The predicted molar refractivity (Wildman–Crippen MR) is 105 cm³/mol. The average Bonchev–Trinajstić information content (AvgIpc) is 2.65. The quantitative estimate of drug-likeness (QED) is 0.706. The third-order valence-corrected chi connectivity index (χ3v) is 4.41. The highest BCUT2D eigenvalue weighted by molar-refractivity contribution is 6.31. The van der Waals surface area contributed by atoms with Gasteiger partial charge in [0.05, 0.1) is 17.4 Å². The van der Waals surface area contributed by atoms with Gasteiger partial charge in [-0.25, -0.2) is 4.98 Å². The third kappa shape index (κ3) is 4.65. The van der Waals surface area contributed by atoms with Crippen molar-refractivity contribution in [2.24, 2.45) is 0 Å². The first-order valence-corrected chi connectivity index (χ1v) is 8.99. The SMILES string of the molecule is CCN(Cc1nc2cc(Cl)ccc2c(=O)[nH]1)C(=O)COc1ccc(C)cc1. The number of aryl methyl sites for hydroxylation is 1. The number of benzene rings is 2. The van der Waals surface area contributed by atoms with E-state index < -0.39 is 0 Å². The van der Waals surface area contributed by atoms with Gasteiger partial charge in [0.1, 0.15) is 11.6 Å². The normalized spacial score (nSPS) is 10.8. The second-order valence-corrected chi connectivity index (χ2v) is 6.62. The van der Waals surface area contributed by atoms with Crippen LogP contribution in [0.3, 0.4) is 0 Å². The Morgan fingerprint density at radius 2 is 1.96 bits per heavy atom. The molecular formula is C20H20ClN3O3. The molecule has 2 aromatic carbocycles. The number of ether oxygens (including phenoxy) is 1. The number of fused-ring (bicyclic) bond motifs is 1. The van der Waals surface area contributed by atoms with Crippen molar-refractivity contribution in [1.82, 2.24) is 14.9 Å². The van der Waals surface area contributed by atoms with Crippen molar-refractivity contribution in [3.8, 4) is 5.75 Å². The molecule has 0 aliphatic heterocycles. The second-order valence-electron chi connectivity index (χ2n) is 6.18. The number of H-pyrrole nitrogens is 1. The second kappa shape index (κ2) is 8.22.